The van der Waals surface area contributed by atoms with Crippen molar-refractivity contribution < 1.29 is 18.1 Å². The number of rotatable bonds is 8. The number of hydrogen-bond acceptors (Lipinski definition) is 5. The minimum Gasteiger partial charge on any atom is -0.345 e. The summed E-state index contributed by atoms with van der Waals surface area (Å²) in [6.07, 6.45) is 1.42. The van der Waals surface area contributed by atoms with Gasteiger partial charge in [-0.1, -0.05) is 26.0 Å². The van der Waals surface area contributed by atoms with E-state index >= 15 is 0 Å². The van der Waals surface area contributed by atoms with Gasteiger partial charge in [0, 0.05) is 45.5 Å². The number of carbonyl (C=O) groups excluding carboxylic acids is 1. The van der Waals surface area contributed by atoms with Gasteiger partial charge in [-0.25, -0.2) is 8.42 Å². The summed E-state index contributed by atoms with van der Waals surface area (Å²) in [5.74, 6) is -0.382. The predicted octanol–water partition coefficient (Wildman–Crippen LogP) is 2.80. The van der Waals surface area contributed by atoms with Gasteiger partial charge in [0.1, 0.15) is 10.6 Å². The first-order valence-electron chi connectivity index (χ1n) is 9.22. The predicted molar refractivity (Wildman–Crippen MR) is 109 cm³/mol. The monoisotopic (exact) mass is 422 g/mol. The van der Waals surface area contributed by atoms with E-state index in [0.717, 1.165) is 0 Å². The standard InChI is InChI=1S/C19H26N4O5S/c1-6-22(7-2)29(27,28)17-12-18(20(4)13-17)19(24)21(5)14(3)15-9-8-10-16(11-15)23(25)26/h8-14H,6-7H2,1-5H3/t14-/m1/s1. The minimum absolute atomic E-state index is 0.0540. The number of aryl methyl sites for hydroxylation is 1. The smallest absolute Gasteiger partial charge is 0.270 e. The van der Waals surface area contributed by atoms with Gasteiger partial charge in [0.2, 0.25) is 10.0 Å². The van der Waals surface area contributed by atoms with E-state index in [2.05, 4.69) is 0 Å². The summed E-state index contributed by atoms with van der Waals surface area (Å²) < 4.78 is 28.3. The summed E-state index contributed by atoms with van der Waals surface area (Å²) in [5.41, 5.74) is 0.775. The molecule has 0 fully saturated rings. The van der Waals surface area contributed by atoms with Crippen LogP contribution >= 0.6 is 0 Å². The summed E-state index contributed by atoms with van der Waals surface area (Å²) in [5, 5.41) is 11.0. The maximum atomic E-state index is 13.0. The Morgan fingerprint density at radius 1 is 1.24 bits per heavy atom. The molecule has 0 radical (unpaired) electrons. The van der Waals surface area contributed by atoms with Crippen molar-refractivity contribution in [3.63, 3.8) is 0 Å². The number of benzene rings is 1. The normalized spacial score (nSPS) is 12.8. The second kappa shape index (κ2) is 8.75. The lowest BCUT2D eigenvalue weighted by atomic mass is 10.1. The molecule has 0 aliphatic carbocycles. The SMILES string of the molecule is CCN(CC)S(=O)(=O)c1cc(C(=O)N(C)[C@H](C)c2cccc([N+](=O)[O-])c2)n(C)c1. The highest BCUT2D eigenvalue weighted by atomic mass is 32.2. The second-order valence-electron chi connectivity index (χ2n) is 6.71. The van der Waals surface area contributed by atoms with Gasteiger partial charge in [0.15, 0.2) is 0 Å². The molecule has 1 aromatic heterocycles. The zero-order chi connectivity index (χ0) is 21.9. The Labute approximate surface area is 170 Å². The van der Waals surface area contributed by atoms with Crippen molar-refractivity contribution in [3.8, 4) is 0 Å². The van der Waals surface area contributed by atoms with E-state index < -0.39 is 21.0 Å². The van der Waals surface area contributed by atoms with Crippen molar-refractivity contribution in [1.82, 2.24) is 13.8 Å². The average molecular weight is 423 g/mol. The van der Waals surface area contributed by atoms with Crippen LogP contribution in [-0.4, -0.2) is 53.2 Å². The number of non-ortho nitro benzene ring substituents is 1. The van der Waals surface area contributed by atoms with Crippen molar-refractivity contribution in [2.45, 2.75) is 31.7 Å². The van der Waals surface area contributed by atoms with Crippen LogP contribution in [0.5, 0.6) is 0 Å². The van der Waals surface area contributed by atoms with Crippen molar-refractivity contribution >= 4 is 21.6 Å². The van der Waals surface area contributed by atoms with Crippen LogP contribution in [0.25, 0.3) is 0 Å². The van der Waals surface area contributed by atoms with Crippen molar-refractivity contribution in [2.24, 2.45) is 7.05 Å². The summed E-state index contributed by atoms with van der Waals surface area (Å²) in [6.45, 7) is 5.93. The van der Waals surface area contributed by atoms with E-state index in [1.54, 1.807) is 47.0 Å². The quantitative estimate of drug-likeness (QED) is 0.480. The van der Waals surface area contributed by atoms with Crippen LogP contribution in [0.4, 0.5) is 5.69 Å². The van der Waals surface area contributed by atoms with Crippen molar-refractivity contribution in [1.29, 1.82) is 0 Å². The molecule has 0 aliphatic heterocycles. The number of hydrogen-bond donors (Lipinski definition) is 0. The van der Waals surface area contributed by atoms with E-state index in [9.17, 15) is 23.3 Å². The number of aromatic nitrogens is 1. The minimum atomic E-state index is -3.68. The fraction of sp³-hybridized carbons (Fsp3) is 0.421. The molecule has 0 saturated carbocycles. The molecule has 9 nitrogen and oxygen atoms in total. The molecule has 1 amide bonds. The van der Waals surface area contributed by atoms with E-state index in [-0.39, 0.29) is 22.2 Å². The highest BCUT2D eigenvalue weighted by Gasteiger charge is 2.28. The molecule has 1 atom stereocenters. The first kappa shape index (κ1) is 22.6. The molecular formula is C19H26N4O5S. The van der Waals surface area contributed by atoms with Gasteiger partial charge in [0.05, 0.1) is 11.0 Å². The summed E-state index contributed by atoms with van der Waals surface area (Å²) in [7, 11) is -0.491. The molecule has 2 rings (SSSR count). The summed E-state index contributed by atoms with van der Waals surface area (Å²) in [6, 6.07) is 7.02. The molecular weight excluding hydrogens is 396 g/mol. The summed E-state index contributed by atoms with van der Waals surface area (Å²) in [4.78, 5) is 25.0. The Hall–Kier alpha value is -2.72. The highest BCUT2D eigenvalue weighted by molar-refractivity contribution is 7.89. The Kier molecular flexibility index (Phi) is 6.81. The van der Waals surface area contributed by atoms with Crippen molar-refractivity contribution in [2.75, 3.05) is 20.1 Å². The molecule has 29 heavy (non-hydrogen) atoms. The number of nitro groups is 1. The third kappa shape index (κ3) is 4.48. The number of nitrogens with zero attached hydrogens (tertiary/aromatic N) is 4. The van der Waals surface area contributed by atoms with Gasteiger partial charge in [-0.3, -0.25) is 14.9 Å². The van der Waals surface area contributed by atoms with Crippen LogP contribution in [-0.2, 0) is 17.1 Å². The van der Waals surface area contributed by atoms with Crippen LogP contribution in [0.1, 0.15) is 42.9 Å². The lowest BCUT2D eigenvalue weighted by molar-refractivity contribution is -0.384. The third-order valence-electron chi connectivity index (χ3n) is 5.01. The van der Waals surface area contributed by atoms with Crippen LogP contribution in [0.2, 0.25) is 0 Å². The summed E-state index contributed by atoms with van der Waals surface area (Å²) >= 11 is 0. The lowest BCUT2D eigenvalue weighted by Gasteiger charge is -2.25. The van der Waals surface area contributed by atoms with Crippen molar-refractivity contribution in [3.05, 3.63) is 57.9 Å². The van der Waals surface area contributed by atoms with Gasteiger partial charge in [-0.05, 0) is 18.6 Å². The van der Waals surface area contributed by atoms with Gasteiger partial charge in [-0.2, -0.15) is 4.31 Å². The molecule has 1 aromatic carbocycles. The number of amides is 1. The highest BCUT2D eigenvalue weighted by Crippen LogP contribution is 2.26. The Morgan fingerprint density at radius 3 is 2.41 bits per heavy atom. The molecule has 10 heteroatoms. The first-order chi connectivity index (χ1) is 13.5. The van der Waals surface area contributed by atoms with Crippen LogP contribution in [0, 0.1) is 10.1 Å². The molecule has 0 aliphatic rings. The Morgan fingerprint density at radius 2 is 1.86 bits per heavy atom. The Balaban J connectivity index is 2.34. The largest absolute Gasteiger partial charge is 0.345 e. The number of nitro benzene ring substituents is 1. The zero-order valence-electron chi connectivity index (χ0n) is 17.2. The second-order valence-corrected chi connectivity index (χ2v) is 8.64. The lowest BCUT2D eigenvalue weighted by Crippen LogP contribution is -2.31. The van der Waals surface area contributed by atoms with Gasteiger partial charge in [0.25, 0.3) is 11.6 Å². The topological polar surface area (TPSA) is 106 Å². The zero-order valence-corrected chi connectivity index (χ0v) is 18.0. The molecule has 0 unspecified atom stereocenters. The van der Waals surface area contributed by atoms with Gasteiger partial charge >= 0.3 is 0 Å². The molecule has 1 heterocycles. The molecule has 0 N–H and O–H groups in total. The Bertz CT molecular complexity index is 1010. The molecule has 2 aromatic rings. The van der Waals surface area contributed by atoms with Crippen LogP contribution < -0.4 is 0 Å². The van der Waals surface area contributed by atoms with E-state index in [1.807, 2.05) is 0 Å². The maximum absolute atomic E-state index is 13.0. The van der Waals surface area contributed by atoms with Gasteiger partial charge < -0.3 is 9.47 Å². The molecule has 0 saturated heterocycles. The number of carbonyl (C=O) groups is 1. The first-order valence-corrected chi connectivity index (χ1v) is 10.7. The molecule has 0 spiro atoms. The fourth-order valence-electron chi connectivity index (χ4n) is 3.08. The van der Waals surface area contributed by atoms with Gasteiger partial charge in [-0.15, -0.1) is 0 Å². The molecule has 158 valence electrons. The van der Waals surface area contributed by atoms with E-state index in [1.165, 1.54) is 38.2 Å². The van der Waals surface area contributed by atoms with E-state index in [4.69, 9.17) is 0 Å². The van der Waals surface area contributed by atoms with Crippen LogP contribution in [0.15, 0.2) is 41.4 Å². The van der Waals surface area contributed by atoms with Crippen LogP contribution in [0.3, 0.4) is 0 Å². The van der Waals surface area contributed by atoms with E-state index in [0.29, 0.717) is 18.7 Å². The average Bonchev–Trinajstić information content (AvgIpc) is 3.09. The fourth-order valence-corrected chi connectivity index (χ4v) is 4.61. The molecule has 0 bridgehead atoms. The number of sulfonamides is 1. The maximum Gasteiger partial charge on any atom is 0.270 e. The third-order valence-corrected chi connectivity index (χ3v) is 7.02.